The first-order chi connectivity index (χ1) is 12.0. The van der Waals surface area contributed by atoms with Crippen LogP contribution in [0, 0.1) is 5.92 Å². The van der Waals surface area contributed by atoms with Crippen LogP contribution in [0.15, 0.2) is 24.3 Å². The Labute approximate surface area is 148 Å². The van der Waals surface area contributed by atoms with E-state index in [0.29, 0.717) is 24.5 Å². The summed E-state index contributed by atoms with van der Waals surface area (Å²) in [5.74, 6) is -0.263. The van der Waals surface area contributed by atoms with E-state index >= 15 is 0 Å². The molecule has 1 saturated heterocycles. The predicted octanol–water partition coefficient (Wildman–Crippen LogP) is 2.17. The van der Waals surface area contributed by atoms with Crippen LogP contribution in [-0.4, -0.2) is 30.3 Å². The SMILES string of the molecule is CC(C)Cc1ccc(C(=O)CCC(=O)NNC(=O)C2CCCO2)cc1. The molecule has 0 spiro atoms. The summed E-state index contributed by atoms with van der Waals surface area (Å²) in [4.78, 5) is 35.6. The molecule has 136 valence electrons. The summed E-state index contributed by atoms with van der Waals surface area (Å²) < 4.78 is 5.22. The zero-order chi connectivity index (χ0) is 18.2. The molecule has 25 heavy (non-hydrogen) atoms. The van der Waals surface area contributed by atoms with Crippen molar-refractivity contribution in [2.75, 3.05) is 6.61 Å². The summed E-state index contributed by atoms with van der Waals surface area (Å²) >= 11 is 0. The van der Waals surface area contributed by atoms with Gasteiger partial charge in [-0.25, -0.2) is 0 Å². The van der Waals surface area contributed by atoms with Crippen LogP contribution in [0.2, 0.25) is 0 Å². The van der Waals surface area contributed by atoms with Gasteiger partial charge in [-0.15, -0.1) is 0 Å². The van der Waals surface area contributed by atoms with Crippen molar-refractivity contribution >= 4 is 17.6 Å². The normalized spacial score (nSPS) is 16.7. The fourth-order valence-corrected chi connectivity index (χ4v) is 2.73. The number of hydrogen-bond acceptors (Lipinski definition) is 4. The van der Waals surface area contributed by atoms with Crippen molar-refractivity contribution in [3.05, 3.63) is 35.4 Å². The Kier molecular flexibility index (Phi) is 7.13. The molecular formula is C19H26N2O4. The van der Waals surface area contributed by atoms with Crippen molar-refractivity contribution in [2.24, 2.45) is 5.92 Å². The second kappa shape index (κ2) is 9.32. The van der Waals surface area contributed by atoms with E-state index in [2.05, 4.69) is 24.7 Å². The van der Waals surface area contributed by atoms with Crippen molar-refractivity contribution in [2.45, 2.75) is 52.1 Å². The summed E-state index contributed by atoms with van der Waals surface area (Å²) in [7, 11) is 0. The Bertz CT molecular complexity index is 604. The second-order valence-electron chi connectivity index (χ2n) is 6.76. The van der Waals surface area contributed by atoms with Gasteiger partial charge >= 0.3 is 0 Å². The molecular weight excluding hydrogens is 320 g/mol. The number of ether oxygens (including phenoxy) is 1. The monoisotopic (exact) mass is 346 g/mol. The molecule has 1 aliphatic heterocycles. The van der Waals surface area contributed by atoms with E-state index in [1.807, 2.05) is 12.1 Å². The first-order valence-electron chi connectivity index (χ1n) is 8.78. The number of amides is 2. The molecule has 2 amide bonds. The molecule has 1 fully saturated rings. The van der Waals surface area contributed by atoms with Crippen LogP contribution in [0.25, 0.3) is 0 Å². The molecule has 2 N–H and O–H groups in total. The van der Waals surface area contributed by atoms with E-state index in [1.54, 1.807) is 12.1 Å². The molecule has 0 aromatic heterocycles. The lowest BCUT2D eigenvalue weighted by atomic mass is 9.99. The lowest BCUT2D eigenvalue weighted by molar-refractivity contribution is -0.134. The topological polar surface area (TPSA) is 84.5 Å². The van der Waals surface area contributed by atoms with Crippen molar-refractivity contribution in [1.29, 1.82) is 0 Å². The van der Waals surface area contributed by atoms with Crippen molar-refractivity contribution in [1.82, 2.24) is 10.9 Å². The summed E-state index contributed by atoms with van der Waals surface area (Å²) in [6, 6.07) is 7.51. The van der Waals surface area contributed by atoms with Gasteiger partial charge in [0, 0.05) is 25.0 Å². The number of hydrogen-bond donors (Lipinski definition) is 2. The maximum atomic E-state index is 12.1. The molecule has 1 atom stereocenters. The molecule has 0 bridgehead atoms. The third-order valence-electron chi connectivity index (χ3n) is 4.05. The van der Waals surface area contributed by atoms with Gasteiger partial charge in [0.15, 0.2) is 5.78 Å². The lowest BCUT2D eigenvalue weighted by Crippen LogP contribution is -2.46. The molecule has 1 heterocycles. The number of hydrazine groups is 1. The van der Waals surface area contributed by atoms with Crippen LogP contribution in [0.4, 0.5) is 0 Å². The molecule has 0 aliphatic carbocycles. The minimum atomic E-state index is -0.494. The lowest BCUT2D eigenvalue weighted by Gasteiger charge is -2.11. The fraction of sp³-hybridized carbons (Fsp3) is 0.526. The minimum Gasteiger partial charge on any atom is -0.368 e. The third kappa shape index (κ3) is 6.31. The number of Topliss-reactive ketones (excluding diaryl/α,β-unsaturated/α-hetero) is 1. The average molecular weight is 346 g/mol. The molecule has 1 aliphatic rings. The van der Waals surface area contributed by atoms with Crippen molar-refractivity contribution in [3.8, 4) is 0 Å². The highest BCUT2D eigenvalue weighted by Crippen LogP contribution is 2.12. The maximum Gasteiger partial charge on any atom is 0.267 e. The molecule has 1 aromatic carbocycles. The Morgan fingerprint density at radius 2 is 1.84 bits per heavy atom. The number of carbonyl (C=O) groups excluding carboxylic acids is 3. The molecule has 1 aromatic rings. The largest absolute Gasteiger partial charge is 0.368 e. The first kappa shape index (κ1) is 19.1. The van der Waals surface area contributed by atoms with Crippen LogP contribution in [0.1, 0.15) is 55.5 Å². The maximum absolute atomic E-state index is 12.1. The van der Waals surface area contributed by atoms with Gasteiger partial charge in [0.1, 0.15) is 6.10 Å². The zero-order valence-corrected chi connectivity index (χ0v) is 14.8. The van der Waals surface area contributed by atoms with Gasteiger partial charge in [-0.05, 0) is 30.7 Å². The Morgan fingerprint density at radius 3 is 2.44 bits per heavy atom. The van der Waals surface area contributed by atoms with Crippen LogP contribution in [-0.2, 0) is 20.7 Å². The van der Waals surface area contributed by atoms with Crippen LogP contribution in [0.5, 0.6) is 0 Å². The first-order valence-corrected chi connectivity index (χ1v) is 8.78. The second-order valence-corrected chi connectivity index (χ2v) is 6.76. The minimum absolute atomic E-state index is 0.0262. The standard InChI is InChI=1S/C19H26N2O4/c1-13(2)12-14-5-7-15(8-6-14)16(22)9-10-18(23)20-21-19(24)17-4-3-11-25-17/h5-8,13,17H,3-4,9-12H2,1-2H3,(H,20,23)(H,21,24). The van der Waals surface area contributed by atoms with E-state index in [0.717, 1.165) is 12.8 Å². The Morgan fingerprint density at radius 1 is 1.12 bits per heavy atom. The van der Waals surface area contributed by atoms with E-state index in [1.165, 1.54) is 5.56 Å². The highest BCUT2D eigenvalue weighted by molar-refractivity contribution is 5.98. The quantitative estimate of drug-likeness (QED) is 0.585. The zero-order valence-electron chi connectivity index (χ0n) is 14.8. The third-order valence-corrected chi connectivity index (χ3v) is 4.05. The van der Waals surface area contributed by atoms with Crippen LogP contribution < -0.4 is 10.9 Å². The summed E-state index contributed by atoms with van der Waals surface area (Å²) in [5, 5.41) is 0. The highest BCUT2D eigenvalue weighted by Gasteiger charge is 2.23. The smallest absolute Gasteiger partial charge is 0.267 e. The van der Waals surface area contributed by atoms with Gasteiger partial charge in [0.05, 0.1) is 0 Å². The predicted molar refractivity (Wildman–Crippen MR) is 93.8 cm³/mol. The van der Waals surface area contributed by atoms with Crippen LogP contribution in [0.3, 0.4) is 0 Å². The van der Waals surface area contributed by atoms with E-state index in [9.17, 15) is 14.4 Å². The van der Waals surface area contributed by atoms with E-state index < -0.39 is 12.0 Å². The average Bonchev–Trinajstić information content (AvgIpc) is 3.12. The summed E-state index contributed by atoms with van der Waals surface area (Å²) in [6.45, 7) is 4.86. The van der Waals surface area contributed by atoms with E-state index in [4.69, 9.17) is 4.74 Å². The van der Waals surface area contributed by atoms with Gasteiger partial charge in [-0.1, -0.05) is 38.1 Å². The van der Waals surface area contributed by atoms with Crippen molar-refractivity contribution < 1.29 is 19.1 Å². The van der Waals surface area contributed by atoms with Gasteiger partial charge in [0.25, 0.3) is 5.91 Å². The number of carbonyl (C=O) groups is 3. The number of ketones is 1. The molecule has 0 saturated carbocycles. The van der Waals surface area contributed by atoms with E-state index in [-0.39, 0.29) is 24.5 Å². The number of nitrogens with one attached hydrogen (secondary N) is 2. The van der Waals surface area contributed by atoms with Gasteiger partial charge in [0.2, 0.25) is 5.91 Å². The van der Waals surface area contributed by atoms with Crippen LogP contribution >= 0.6 is 0 Å². The van der Waals surface area contributed by atoms with Gasteiger partial charge < -0.3 is 4.74 Å². The number of benzene rings is 1. The van der Waals surface area contributed by atoms with Gasteiger partial charge in [-0.2, -0.15) is 0 Å². The summed E-state index contributed by atoms with van der Waals surface area (Å²) in [6.07, 6.45) is 2.11. The molecule has 2 rings (SSSR count). The van der Waals surface area contributed by atoms with Gasteiger partial charge in [-0.3, -0.25) is 25.2 Å². The molecule has 6 heteroatoms. The molecule has 6 nitrogen and oxygen atoms in total. The fourth-order valence-electron chi connectivity index (χ4n) is 2.73. The molecule has 0 radical (unpaired) electrons. The Hall–Kier alpha value is -2.21. The summed E-state index contributed by atoms with van der Waals surface area (Å²) in [5.41, 5.74) is 6.46. The highest BCUT2D eigenvalue weighted by atomic mass is 16.5. The molecule has 1 unspecified atom stereocenters. The Balaban J connectivity index is 1.71. The van der Waals surface area contributed by atoms with Crippen molar-refractivity contribution in [3.63, 3.8) is 0 Å². The number of rotatable bonds is 7.